The van der Waals surface area contributed by atoms with Crippen molar-refractivity contribution in [3.63, 3.8) is 0 Å². The van der Waals surface area contributed by atoms with Gasteiger partial charge in [-0.3, -0.25) is 19.7 Å². The molecule has 0 aromatic carbocycles. The highest BCUT2D eigenvalue weighted by atomic mass is 16.2. The molecule has 2 bridgehead atoms. The highest BCUT2D eigenvalue weighted by molar-refractivity contribution is 6.10. The quantitative estimate of drug-likeness (QED) is 0.718. The van der Waals surface area contributed by atoms with Crippen molar-refractivity contribution >= 4 is 17.7 Å². The summed E-state index contributed by atoms with van der Waals surface area (Å²) in [5.41, 5.74) is 0.986. The molecular formula is C14H20N2O3. The van der Waals surface area contributed by atoms with Crippen LogP contribution in [0.1, 0.15) is 40.5 Å². The highest BCUT2D eigenvalue weighted by Gasteiger charge is 2.62. The zero-order chi connectivity index (χ0) is 14.4. The minimum absolute atomic E-state index is 0.0644. The van der Waals surface area contributed by atoms with Crippen LogP contribution in [0.4, 0.5) is 0 Å². The van der Waals surface area contributed by atoms with E-state index in [2.05, 4.69) is 5.32 Å². The van der Waals surface area contributed by atoms with Crippen LogP contribution < -0.4 is 5.32 Å². The van der Waals surface area contributed by atoms with Crippen molar-refractivity contribution in [3.05, 3.63) is 11.1 Å². The number of hydrogen-bond acceptors (Lipinski definition) is 3. The number of nitrogens with zero attached hydrogens (tertiary/aromatic N) is 1. The molecule has 0 aromatic rings. The molecular weight excluding hydrogens is 244 g/mol. The van der Waals surface area contributed by atoms with Gasteiger partial charge in [-0.15, -0.1) is 0 Å². The van der Waals surface area contributed by atoms with Gasteiger partial charge in [0.1, 0.15) is 5.54 Å². The molecule has 3 aliphatic heterocycles. The van der Waals surface area contributed by atoms with Gasteiger partial charge in [0.2, 0.25) is 5.91 Å². The molecule has 3 amide bonds. The fourth-order valence-electron chi connectivity index (χ4n) is 2.96. The van der Waals surface area contributed by atoms with Gasteiger partial charge in [0, 0.05) is 18.0 Å². The highest BCUT2D eigenvalue weighted by Crippen LogP contribution is 2.47. The van der Waals surface area contributed by atoms with Crippen molar-refractivity contribution in [2.45, 2.75) is 46.1 Å². The minimum Gasteiger partial charge on any atom is -0.320 e. The Morgan fingerprint density at radius 3 is 2.16 bits per heavy atom. The average Bonchev–Trinajstić information content (AvgIpc) is 2.58. The van der Waals surface area contributed by atoms with Crippen LogP contribution in [0.5, 0.6) is 0 Å². The molecule has 104 valence electrons. The van der Waals surface area contributed by atoms with Crippen LogP contribution in [-0.4, -0.2) is 34.7 Å². The fraction of sp³-hybridized carbons (Fsp3) is 0.643. The first-order chi connectivity index (χ1) is 8.95. The first-order valence-corrected chi connectivity index (χ1v) is 6.79. The second-order valence-electron chi connectivity index (χ2n) is 5.25. The molecule has 0 atom stereocenters. The van der Waals surface area contributed by atoms with Crippen molar-refractivity contribution in [2.24, 2.45) is 5.92 Å². The van der Waals surface area contributed by atoms with Crippen LogP contribution >= 0.6 is 0 Å². The summed E-state index contributed by atoms with van der Waals surface area (Å²) in [6, 6.07) is 0. The van der Waals surface area contributed by atoms with Crippen molar-refractivity contribution in [2.75, 3.05) is 6.54 Å². The van der Waals surface area contributed by atoms with Gasteiger partial charge in [-0.05, 0) is 32.3 Å². The van der Waals surface area contributed by atoms with Crippen LogP contribution in [0.2, 0.25) is 0 Å². The monoisotopic (exact) mass is 264 g/mol. The van der Waals surface area contributed by atoms with Crippen LogP contribution in [-0.2, 0) is 14.4 Å². The number of fused-ring (bicyclic) bond motifs is 2. The molecule has 0 spiro atoms. The van der Waals surface area contributed by atoms with Crippen molar-refractivity contribution in [3.8, 4) is 0 Å². The molecule has 1 N–H and O–H groups in total. The summed E-state index contributed by atoms with van der Waals surface area (Å²) in [6.45, 7) is 8.21. The van der Waals surface area contributed by atoms with Crippen LogP contribution in [0.25, 0.3) is 0 Å². The molecule has 0 aromatic heterocycles. The van der Waals surface area contributed by atoms with Crippen LogP contribution in [0.3, 0.4) is 0 Å². The first kappa shape index (κ1) is 13.8. The van der Waals surface area contributed by atoms with E-state index >= 15 is 0 Å². The summed E-state index contributed by atoms with van der Waals surface area (Å²) in [4.78, 5) is 37.0. The second-order valence-corrected chi connectivity index (χ2v) is 5.25. The Bertz CT molecular complexity index is 487. The maximum Gasteiger partial charge on any atom is 0.252 e. The lowest BCUT2D eigenvalue weighted by atomic mass is 9.63. The summed E-state index contributed by atoms with van der Waals surface area (Å²) in [5.74, 6) is -0.655. The number of rotatable bonds is 1. The van der Waals surface area contributed by atoms with Gasteiger partial charge in [-0.1, -0.05) is 13.8 Å². The third-order valence-corrected chi connectivity index (χ3v) is 4.32. The summed E-state index contributed by atoms with van der Waals surface area (Å²) in [5, 5.41) is 2.36. The number of amides is 3. The van der Waals surface area contributed by atoms with E-state index < -0.39 is 5.54 Å². The Morgan fingerprint density at radius 1 is 1.16 bits per heavy atom. The predicted octanol–water partition coefficient (Wildman–Crippen LogP) is 0.996. The molecule has 1 saturated carbocycles. The number of piperidine rings is 2. The molecule has 1 aliphatic carbocycles. The molecule has 3 fully saturated rings. The zero-order valence-corrected chi connectivity index (χ0v) is 11.9. The lowest BCUT2D eigenvalue weighted by Crippen LogP contribution is -2.73. The Morgan fingerprint density at radius 2 is 1.74 bits per heavy atom. The van der Waals surface area contributed by atoms with Crippen molar-refractivity contribution in [1.29, 1.82) is 0 Å². The molecule has 4 rings (SSSR count). The molecule has 5 nitrogen and oxygen atoms in total. The van der Waals surface area contributed by atoms with E-state index in [0.717, 1.165) is 11.1 Å². The molecule has 2 saturated heterocycles. The number of hydrogen-bond donors (Lipinski definition) is 1. The van der Waals surface area contributed by atoms with Gasteiger partial charge in [0.15, 0.2) is 0 Å². The Labute approximate surface area is 113 Å². The van der Waals surface area contributed by atoms with Gasteiger partial charge in [0.25, 0.3) is 11.8 Å². The third kappa shape index (κ3) is 1.71. The summed E-state index contributed by atoms with van der Waals surface area (Å²) < 4.78 is 0. The van der Waals surface area contributed by atoms with Gasteiger partial charge < -0.3 is 4.90 Å². The number of imide groups is 1. The fourth-order valence-corrected chi connectivity index (χ4v) is 2.96. The molecule has 5 heteroatoms. The van der Waals surface area contributed by atoms with E-state index in [1.54, 1.807) is 11.8 Å². The maximum atomic E-state index is 12.1. The third-order valence-electron chi connectivity index (χ3n) is 4.32. The first-order valence-electron chi connectivity index (χ1n) is 6.79. The SMILES string of the molecule is CC.CC1=C(C)C(=O)N(C23CC(C2)C(=O)NC3=O)C1. The molecule has 3 heterocycles. The van der Waals surface area contributed by atoms with E-state index in [0.29, 0.717) is 19.4 Å². The summed E-state index contributed by atoms with van der Waals surface area (Å²) >= 11 is 0. The van der Waals surface area contributed by atoms with E-state index in [9.17, 15) is 14.4 Å². The van der Waals surface area contributed by atoms with E-state index in [1.165, 1.54) is 0 Å². The van der Waals surface area contributed by atoms with Gasteiger partial charge in [0.05, 0.1) is 0 Å². The molecule has 0 radical (unpaired) electrons. The Balaban J connectivity index is 0.000000637. The smallest absolute Gasteiger partial charge is 0.252 e. The lowest BCUT2D eigenvalue weighted by Gasteiger charge is -2.54. The minimum atomic E-state index is -0.755. The number of nitrogens with one attached hydrogen (secondary N) is 1. The lowest BCUT2D eigenvalue weighted by molar-refractivity contribution is -0.167. The van der Waals surface area contributed by atoms with Crippen LogP contribution in [0, 0.1) is 5.92 Å². The maximum absolute atomic E-state index is 12.1. The molecule has 4 aliphatic rings. The second kappa shape index (κ2) is 4.47. The normalized spacial score (nSPS) is 32.7. The largest absolute Gasteiger partial charge is 0.320 e. The number of carbonyl (C=O) groups excluding carboxylic acids is 3. The van der Waals surface area contributed by atoms with Crippen molar-refractivity contribution in [1.82, 2.24) is 10.2 Å². The van der Waals surface area contributed by atoms with Gasteiger partial charge in [-0.25, -0.2) is 0 Å². The topological polar surface area (TPSA) is 66.5 Å². The number of carbonyl (C=O) groups is 3. The average molecular weight is 264 g/mol. The van der Waals surface area contributed by atoms with E-state index in [1.807, 2.05) is 20.8 Å². The Hall–Kier alpha value is -1.65. The summed E-state index contributed by atoms with van der Waals surface area (Å²) in [6.07, 6.45) is 0.980. The van der Waals surface area contributed by atoms with Crippen LogP contribution in [0.15, 0.2) is 11.1 Å². The van der Waals surface area contributed by atoms with Crippen molar-refractivity contribution < 1.29 is 14.4 Å². The molecule has 0 unspecified atom stereocenters. The summed E-state index contributed by atoms with van der Waals surface area (Å²) in [7, 11) is 0. The molecule has 19 heavy (non-hydrogen) atoms. The zero-order valence-electron chi connectivity index (χ0n) is 11.9. The van der Waals surface area contributed by atoms with E-state index in [-0.39, 0.29) is 23.6 Å². The standard InChI is InChI=1S/C12H14N2O3.C2H6/c1-6-5-14(10(16)7(6)2)12-3-8(4-12)9(15)13-11(12)17;1-2/h8H,3-5H2,1-2H3,(H,13,15,17);1-2H3. The van der Waals surface area contributed by atoms with Gasteiger partial charge >= 0.3 is 0 Å². The Kier molecular flexibility index (Phi) is 3.24. The van der Waals surface area contributed by atoms with E-state index in [4.69, 9.17) is 0 Å². The van der Waals surface area contributed by atoms with Gasteiger partial charge in [-0.2, -0.15) is 0 Å². The predicted molar refractivity (Wildman–Crippen MR) is 70.0 cm³/mol.